The standard InChI is InChI=1S/C55H33N3/c1-7-23-42-34(16-1)35-17-2-8-24-43(35)55(42)44-25-9-14-31-50(44)58-52-40(22-15-26-45(52)55)41-32-33-51(56-46-27-10-3-18-36(46)37-19-4-11-28-47(37)56)54(53(41)58)57-48-29-12-5-20-38(48)39-21-6-13-30-49(39)57/h1-33H. The zero-order valence-corrected chi connectivity index (χ0v) is 31.4. The molecule has 3 aromatic heterocycles. The summed E-state index contributed by atoms with van der Waals surface area (Å²) in [6.45, 7) is 0. The lowest BCUT2D eigenvalue weighted by Crippen LogP contribution is -2.33. The first-order chi connectivity index (χ1) is 28.8. The van der Waals surface area contributed by atoms with Gasteiger partial charge in [-0.3, -0.25) is 0 Å². The molecule has 2 aliphatic rings. The monoisotopic (exact) mass is 735 g/mol. The highest BCUT2D eigenvalue weighted by Crippen LogP contribution is 2.61. The van der Waals surface area contributed by atoms with Gasteiger partial charge in [-0.25, -0.2) is 0 Å². The highest BCUT2D eigenvalue weighted by molar-refractivity contribution is 6.19. The maximum atomic E-state index is 2.63. The van der Waals surface area contributed by atoms with E-state index < -0.39 is 5.41 Å². The van der Waals surface area contributed by atoms with E-state index in [-0.39, 0.29) is 0 Å². The molecule has 0 fully saturated rings. The van der Waals surface area contributed by atoms with Crippen LogP contribution in [0.15, 0.2) is 200 Å². The van der Waals surface area contributed by atoms with Gasteiger partial charge in [-0.05, 0) is 75.8 Å². The van der Waals surface area contributed by atoms with Gasteiger partial charge >= 0.3 is 0 Å². The molecule has 0 bridgehead atoms. The van der Waals surface area contributed by atoms with Crippen LogP contribution in [-0.4, -0.2) is 13.7 Å². The molecule has 0 radical (unpaired) electrons. The van der Waals surface area contributed by atoms with Gasteiger partial charge in [0.2, 0.25) is 0 Å². The van der Waals surface area contributed by atoms with Gasteiger partial charge in [-0.15, -0.1) is 0 Å². The van der Waals surface area contributed by atoms with Gasteiger partial charge in [0.25, 0.3) is 0 Å². The van der Waals surface area contributed by atoms with Crippen LogP contribution in [0.5, 0.6) is 0 Å². The van der Waals surface area contributed by atoms with Gasteiger partial charge in [-0.1, -0.05) is 158 Å². The van der Waals surface area contributed by atoms with Crippen molar-refractivity contribution in [3.05, 3.63) is 222 Å². The number of rotatable bonds is 2. The number of hydrogen-bond donors (Lipinski definition) is 0. The van der Waals surface area contributed by atoms with Crippen molar-refractivity contribution < 1.29 is 0 Å². The SMILES string of the molecule is c1ccc2c(c1)-c1ccccc1C21c2ccccc2-n2c3c1cccc3c1ccc(-n3c4ccccc4c4ccccc43)c(-n3c4ccccc4c4ccccc43)c12. The fourth-order valence-electron chi connectivity index (χ4n) is 11.4. The number of hydrogen-bond acceptors (Lipinski definition) is 0. The number of aromatic nitrogens is 3. The first-order valence-corrected chi connectivity index (χ1v) is 20.2. The quantitative estimate of drug-likeness (QED) is 0.168. The summed E-state index contributed by atoms with van der Waals surface area (Å²) in [4.78, 5) is 0. The van der Waals surface area contributed by atoms with Crippen molar-refractivity contribution in [2.24, 2.45) is 0 Å². The van der Waals surface area contributed by atoms with E-state index in [2.05, 4.69) is 214 Å². The van der Waals surface area contributed by atoms with Gasteiger partial charge in [0, 0.05) is 32.3 Å². The minimum Gasteiger partial charge on any atom is -0.307 e. The fraction of sp³-hybridized carbons (Fsp3) is 0.0182. The van der Waals surface area contributed by atoms with Crippen LogP contribution >= 0.6 is 0 Å². The Labute approximate surface area is 333 Å². The summed E-state index contributed by atoms with van der Waals surface area (Å²) in [6.07, 6.45) is 0. The largest absolute Gasteiger partial charge is 0.307 e. The van der Waals surface area contributed by atoms with E-state index in [1.807, 2.05) is 0 Å². The Morgan fingerprint density at radius 3 is 1.28 bits per heavy atom. The van der Waals surface area contributed by atoms with Gasteiger partial charge in [0.1, 0.15) is 0 Å². The average Bonchev–Trinajstić information content (AvgIpc) is 4.00. The number of nitrogens with zero attached hydrogens (tertiary/aromatic N) is 3. The predicted molar refractivity (Wildman–Crippen MR) is 240 cm³/mol. The van der Waals surface area contributed by atoms with E-state index in [4.69, 9.17) is 0 Å². The maximum Gasteiger partial charge on any atom is 0.0953 e. The maximum absolute atomic E-state index is 2.63. The molecule has 14 rings (SSSR count). The third kappa shape index (κ3) is 3.49. The van der Waals surface area contributed by atoms with Crippen LogP contribution in [-0.2, 0) is 5.41 Å². The van der Waals surface area contributed by atoms with Gasteiger partial charge in [-0.2, -0.15) is 0 Å². The first-order valence-electron chi connectivity index (χ1n) is 20.2. The average molecular weight is 736 g/mol. The summed E-state index contributed by atoms with van der Waals surface area (Å²) < 4.78 is 7.69. The number of para-hydroxylation sites is 6. The molecule has 0 atom stereocenters. The van der Waals surface area contributed by atoms with Gasteiger partial charge in [0.05, 0.1) is 55.6 Å². The minimum atomic E-state index is -0.476. The second-order valence-electron chi connectivity index (χ2n) is 16.0. The molecular weight excluding hydrogens is 703 g/mol. The normalized spacial score (nSPS) is 13.7. The molecule has 0 saturated heterocycles. The van der Waals surface area contributed by atoms with Crippen molar-refractivity contribution >= 4 is 65.4 Å². The third-order valence-electron chi connectivity index (χ3n) is 13.4. The summed E-state index contributed by atoms with van der Waals surface area (Å²) in [6, 6.07) is 74.8. The first kappa shape index (κ1) is 30.6. The van der Waals surface area contributed by atoms with E-state index in [1.54, 1.807) is 0 Å². The third-order valence-corrected chi connectivity index (χ3v) is 13.4. The molecule has 1 aliphatic carbocycles. The van der Waals surface area contributed by atoms with Crippen LogP contribution in [0.1, 0.15) is 22.3 Å². The Kier molecular flexibility index (Phi) is 5.70. The molecule has 1 aliphatic heterocycles. The minimum absolute atomic E-state index is 0.476. The van der Waals surface area contributed by atoms with Crippen molar-refractivity contribution in [2.75, 3.05) is 0 Å². The Morgan fingerprint density at radius 2 is 0.690 bits per heavy atom. The molecule has 0 unspecified atom stereocenters. The molecule has 4 heterocycles. The van der Waals surface area contributed by atoms with Crippen molar-refractivity contribution in [2.45, 2.75) is 5.41 Å². The fourth-order valence-corrected chi connectivity index (χ4v) is 11.4. The van der Waals surface area contributed by atoms with E-state index in [0.717, 1.165) is 5.69 Å². The highest BCUT2D eigenvalue weighted by Gasteiger charge is 2.50. The van der Waals surface area contributed by atoms with Gasteiger partial charge in [0.15, 0.2) is 0 Å². The van der Waals surface area contributed by atoms with Crippen LogP contribution in [0.3, 0.4) is 0 Å². The molecule has 9 aromatic carbocycles. The molecule has 0 saturated carbocycles. The molecule has 3 heteroatoms. The van der Waals surface area contributed by atoms with Crippen LogP contribution in [0.4, 0.5) is 0 Å². The van der Waals surface area contributed by atoms with Crippen LogP contribution in [0, 0.1) is 0 Å². The molecule has 12 aromatic rings. The number of fused-ring (bicyclic) bond motifs is 18. The van der Waals surface area contributed by atoms with Crippen LogP contribution in [0.25, 0.3) is 93.6 Å². The second kappa shape index (κ2) is 10.8. The summed E-state index contributed by atoms with van der Waals surface area (Å²) in [5, 5.41) is 7.50. The van der Waals surface area contributed by atoms with E-state index in [9.17, 15) is 0 Å². The number of benzene rings is 9. The van der Waals surface area contributed by atoms with Crippen molar-refractivity contribution in [3.63, 3.8) is 0 Å². The highest BCUT2D eigenvalue weighted by atomic mass is 15.1. The van der Waals surface area contributed by atoms with E-state index in [1.165, 1.54) is 110 Å². The van der Waals surface area contributed by atoms with E-state index in [0.29, 0.717) is 0 Å². The van der Waals surface area contributed by atoms with E-state index >= 15 is 0 Å². The van der Waals surface area contributed by atoms with Gasteiger partial charge < -0.3 is 13.7 Å². The summed E-state index contributed by atoms with van der Waals surface area (Å²) in [7, 11) is 0. The smallest absolute Gasteiger partial charge is 0.0953 e. The Balaban J connectivity index is 1.25. The molecule has 268 valence electrons. The summed E-state index contributed by atoms with van der Waals surface area (Å²) in [5.74, 6) is 0. The van der Waals surface area contributed by atoms with Crippen molar-refractivity contribution in [1.29, 1.82) is 0 Å². The molecule has 0 amide bonds. The molecule has 58 heavy (non-hydrogen) atoms. The zero-order chi connectivity index (χ0) is 37.7. The molecule has 1 spiro atoms. The molecule has 0 N–H and O–H groups in total. The molecule has 3 nitrogen and oxygen atoms in total. The van der Waals surface area contributed by atoms with Crippen LogP contribution < -0.4 is 0 Å². The zero-order valence-electron chi connectivity index (χ0n) is 31.4. The topological polar surface area (TPSA) is 14.8 Å². The lowest BCUT2D eigenvalue weighted by Gasteiger charge is -2.39. The Morgan fingerprint density at radius 1 is 0.259 bits per heavy atom. The van der Waals surface area contributed by atoms with Crippen molar-refractivity contribution in [1.82, 2.24) is 13.7 Å². The Hall–Kier alpha value is -7.62. The van der Waals surface area contributed by atoms with Crippen molar-refractivity contribution in [3.8, 4) is 28.2 Å². The molecular formula is C55H33N3. The summed E-state index contributed by atoms with van der Waals surface area (Å²) in [5.41, 5.74) is 18.2. The Bertz CT molecular complexity index is 3610. The lowest BCUT2D eigenvalue weighted by molar-refractivity contribution is 0.748. The lowest BCUT2D eigenvalue weighted by atomic mass is 9.65. The van der Waals surface area contributed by atoms with Crippen LogP contribution in [0.2, 0.25) is 0 Å². The summed E-state index contributed by atoms with van der Waals surface area (Å²) >= 11 is 0. The predicted octanol–water partition coefficient (Wildman–Crippen LogP) is 13.7. The second-order valence-corrected chi connectivity index (χ2v) is 16.0.